The number of thiazole rings is 1. The first kappa shape index (κ1) is 31.7. The second kappa shape index (κ2) is 14.2. The standard InChI is InChI=1S/C18H19F5N4OS.C7H11NO.C2H6/c1-9-14(29-17(26-9)16(28)27-10-4-2-3-5-10)12-7-24-13(6-11(12)15(19)20)25-8-18(21,22)23;9-5-8-6-1-2-7(8)4-3-6;1-2/h6-7,10,15H,2-5,8H2,1H3,(H,24,25)(H,27,28);5-7H,1-4H2;1-2H3. The van der Waals surface area contributed by atoms with Crippen LogP contribution in [0.25, 0.3) is 10.4 Å². The van der Waals surface area contributed by atoms with E-state index >= 15 is 0 Å². The zero-order chi connectivity index (χ0) is 29.4. The first-order valence-corrected chi connectivity index (χ1v) is 14.5. The molecule has 0 unspecified atom stereocenters. The van der Waals surface area contributed by atoms with E-state index in [9.17, 15) is 31.5 Å². The van der Waals surface area contributed by atoms with E-state index in [2.05, 4.69) is 15.3 Å². The van der Waals surface area contributed by atoms with Gasteiger partial charge in [0, 0.05) is 35.4 Å². The minimum absolute atomic E-state index is 0.0486. The van der Waals surface area contributed by atoms with E-state index < -0.39 is 24.7 Å². The lowest BCUT2D eigenvalue weighted by Crippen LogP contribution is -2.32. The molecule has 2 aliphatic heterocycles. The first-order valence-electron chi connectivity index (χ1n) is 13.7. The fraction of sp³-hybridized carbons (Fsp3) is 0.630. The normalized spacial score (nSPS) is 20.1. The Labute approximate surface area is 235 Å². The molecule has 2 aromatic heterocycles. The van der Waals surface area contributed by atoms with Gasteiger partial charge in [0.15, 0.2) is 5.01 Å². The molecule has 40 heavy (non-hydrogen) atoms. The summed E-state index contributed by atoms with van der Waals surface area (Å²) in [5, 5.41) is 5.04. The topological polar surface area (TPSA) is 87.2 Å². The molecule has 2 N–H and O–H groups in total. The molecule has 1 aliphatic carbocycles. The van der Waals surface area contributed by atoms with Crippen LogP contribution in [0.3, 0.4) is 0 Å². The van der Waals surface area contributed by atoms with Crippen molar-refractivity contribution in [1.82, 2.24) is 20.2 Å². The maximum Gasteiger partial charge on any atom is 0.405 e. The van der Waals surface area contributed by atoms with E-state index in [1.807, 2.05) is 24.1 Å². The number of hydrogen-bond acceptors (Lipinski definition) is 6. The summed E-state index contributed by atoms with van der Waals surface area (Å²) < 4.78 is 64.1. The summed E-state index contributed by atoms with van der Waals surface area (Å²) in [6.07, 6.45) is 3.58. The number of halogens is 5. The van der Waals surface area contributed by atoms with Gasteiger partial charge < -0.3 is 15.5 Å². The molecule has 0 atom stereocenters. The van der Waals surface area contributed by atoms with Gasteiger partial charge in [0.05, 0.1) is 10.6 Å². The Kier molecular flexibility index (Phi) is 11.2. The molecule has 2 bridgehead atoms. The van der Waals surface area contributed by atoms with Crippen LogP contribution in [0.1, 0.15) is 92.7 Å². The molecule has 2 aromatic rings. The van der Waals surface area contributed by atoms with Crippen LogP contribution >= 0.6 is 11.3 Å². The Hall–Kier alpha value is -2.83. The number of aryl methyl sites for hydroxylation is 1. The summed E-state index contributed by atoms with van der Waals surface area (Å²) >= 11 is 0.962. The highest BCUT2D eigenvalue weighted by atomic mass is 32.1. The highest BCUT2D eigenvalue weighted by Gasteiger charge is 2.38. The van der Waals surface area contributed by atoms with Crippen molar-refractivity contribution in [3.8, 4) is 10.4 Å². The molecule has 2 amide bonds. The van der Waals surface area contributed by atoms with E-state index in [0.717, 1.165) is 55.7 Å². The first-order chi connectivity index (χ1) is 19.1. The lowest BCUT2D eigenvalue weighted by atomic mass is 10.0. The number of fused-ring (bicyclic) bond motifs is 2. The third-order valence-corrected chi connectivity index (χ3v) is 8.39. The SMILES string of the molecule is CC.Cc1nc(C(=O)NC2CCCC2)sc1-c1cnc(NCC(F)(F)F)cc1C(F)F.O=CN1C2CCC1CC2. The molecule has 7 nitrogen and oxygen atoms in total. The van der Waals surface area contributed by atoms with Crippen LogP contribution in [-0.4, -0.2) is 58.0 Å². The number of anilines is 1. The van der Waals surface area contributed by atoms with Gasteiger partial charge in [-0.15, -0.1) is 11.3 Å². The molecule has 13 heteroatoms. The van der Waals surface area contributed by atoms with Gasteiger partial charge in [0.2, 0.25) is 6.41 Å². The Morgan fingerprint density at radius 2 is 1.73 bits per heavy atom. The smallest absolute Gasteiger partial charge is 0.361 e. The summed E-state index contributed by atoms with van der Waals surface area (Å²) in [5.74, 6) is -0.658. The van der Waals surface area contributed by atoms with Crippen LogP contribution in [0.5, 0.6) is 0 Å². The average Bonchev–Trinajstić information content (AvgIpc) is 3.74. The van der Waals surface area contributed by atoms with Crippen LogP contribution in [-0.2, 0) is 4.79 Å². The van der Waals surface area contributed by atoms with Crippen molar-refractivity contribution in [1.29, 1.82) is 0 Å². The second-order valence-electron chi connectivity index (χ2n) is 9.83. The minimum Gasteiger partial charge on any atom is -0.361 e. The van der Waals surface area contributed by atoms with Gasteiger partial charge in [0.1, 0.15) is 12.4 Å². The molecule has 1 saturated carbocycles. The zero-order valence-electron chi connectivity index (χ0n) is 22.9. The van der Waals surface area contributed by atoms with Gasteiger partial charge in [-0.05, 0) is 51.5 Å². The molecule has 0 spiro atoms. The number of pyridine rings is 1. The van der Waals surface area contributed by atoms with Crippen LogP contribution in [0, 0.1) is 6.92 Å². The van der Waals surface area contributed by atoms with Gasteiger partial charge in [-0.3, -0.25) is 9.59 Å². The van der Waals surface area contributed by atoms with E-state index in [4.69, 9.17) is 0 Å². The van der Waals surface area contributed by atoms with Crippen molar-refractivity contribution >= 4 is 29.5 Å². The van der Waals surface area contributed by atoms with Crippen molar-refractivity contribution in [3.63, 3.8) is 0 Å². The van der Waals surface area contributed by atoms with Crippen LogP contribution in [0.4, 0.5) is 27.8 Å². The summed E-state index contributed by atoms with van der Waals surface area (Å²) in [5.41, 5.74) is -0.0436. The molecule has 0 radical (unpaired) electrons. The van der Waals surface area contributed by atoms with Crippen LogP contribution in [0.2, 0.25) is 0 Å². The predicted octanol–water partition coefficient (Wildman–Crippen LogP) is 6.89. The van der Waals surface area contributed by atoms with Gasteiger partial charge in [-0.1, -0.05) is 26.7 Å². The van der Waals surface area contributed by atoms with Gasteiger partial charge in [-0.2, -0.15) is 13.2 Å². The van der Waals surface area contributed by atoms with Crippen LogP contribution < -0.4 is 10.6 Å². The number of carbonyl (C=O) groups excluding carboxylic acids is 2. The monoisotopic (exact) mass is 589 g/mol. The summed E-state index contributed by atoms with van der Waals surface area (Å²) in [7, 11) is 0. The average molecular weight is 590 g/mol. The molecule has 0 aromatic carbocycles. The molecule has 222 valence electrons. The minimum atomic E-state index is -4.50. The summed E-state index contributed by atoms with van der Waals surface area (Å²) in [6, 6.07) is 2.22. The molecule has 4 heterocycles. The maximum atomic E-state index is 13.6. The fourth-order valence-corrected chi connectivity index (χ4v) is 6.32. The van der Waals surface area contributed by atoms with Gasteiger partial charge in [-0.25, -0.2) is 18.7 Å². The van der Waals surface area contributed by atoms with E-state index in [0.29, 0.717) is 22.7 Å². The van der Waals surface area contributed by atoms with Gasteiger partial charge in [0.25, 0.3) is 12.3 Å². The third kappa shape index (κ3) is 8.11. The summed E-state index contributed by atoms with van der Waals surface area (Å²) in [4.78, 5) is 33.1. The zero-order valence-corrected chi connectivity index (χ0v) is 23.7. The number of aromatic nitrogens is 2. The maximum absolute atomic E-state index is 13.6. The molecule has 3 fully saturated rings. The number of rotatable bonds is 7. The molecule has 2 saturated heterocycles. The molecular weight excluding hydrogens is 553 g/mol. The lowest BCUT2D eigenvalue weighted by Gasteiger charge is -2.13. The number of hydrogen-bond donors (Lipinski definition) is 2. The van der Waals surface area contributed by atoms with E-state index in [-0.39, 0.29) is 28.3 Å². The number of alkyl halides is 5. The van der Waals surface area contributed by atoms with Crippen LogP contribution in [0.15, 0.2) is 12.3 Å². The Balaban J connectivity index is 0.000000333. The van der Waals surface area contributed by atoms with Crippen molar-refractivity contribution in [2.75, 3.05) is 11.9 Å². The lowest BCUT2D eigenvalue weighted by molar-refractivity contribution is -0.119. The predicted molar refractivity (Wildman–Crippen MR) is 145 cm³/mol. The number of nitrogens with zero attached hydrogens (tertiary/aromatic N) is 3. The molecule has 5 rings (SSSR count). The second-order valence-corrected chi connectivity index (χ2v) is 10.8. The van der Waals surface area contributed by atoms with Gasteiger partial charge >= 0.3 is 6.18 Å². The fourth-order valence-electron chi connectivity index (χ4n) is 5.31. The van der Waals surface area contributed by atoms with Crippen molar-refractivity contribution in [3.05, 3.63) is 28.5 Å². The highest BCUT2D eigenvalue weighted by molar-refractivity contribution is 7.17. The third-order valence-electron chi connectivity index (χ3n) is 7.20. The number of carbonyl (C=O) groups is 2. The number of amides is 2. The van der Waals surface area contributed by atoms with E-state index in [1.54, 1.807) is 6.92 Å². The van der Waals surface area contributed by atoms with Crippen molar-refractivity contribution in [2.45, 2.75) is 103 Å². The van der Waals surface area contributed by atoms with Crippen molar-refractivity contribution in [2.24, 2.45) is 0 Å². The Bertz CT molecular complexity index is 1120. The van der Waals surface area contributed by atoms with E-state index in [1.165, 1.54) is 25.7 Å². The molecule has 3 aliphatic rings. The Morgan fingerprint density at radius 3 is 2.23 bits per heavy atom. The summed E-state index contributed by atoms with van der Waals surface area (Å²) in [6.45, 7) is 4.20. The Morgan fingerprint density at radius 1 is 1.12 bits per heavy atom. The van der Waals surface area contributed by atoms with Crippen molar-refractivity contribution < 1.29 is 31.5 Å². The quantitative estimate of drug-likeness (QED) is 0.271. The number of nitrogens with one attached hydrogen (secondary N) is 2. The highest BCUT2D eigenvalue weighted by Crippen LogP contribution is 2.38. The largest absolute Gasteiger partial charge is 0.405 e. The molecular formula is C27H36F5N5O2S.